The molecule has 1 saturated heterocycles. The van der Waals surface area contributed by atoms with Crippen molar-refractivity contribution < 1.29 is 47.3 Å². The van der Waals surface area contributed by atoms with Gasteiger partial charge >= 0.3 is 23.9 Å². The Balaban J connectivity index is 1.38. The van der Waals surface area contributed by atoms with E-state index in [4.69, 9.17) is 41.0 Å². The van der Waals surface area contributed by atoms with E-state index in [1.165, 1.54) is 65.4 Å². The summed E-state index contributed by atoms with van der Waals surface area (Å²) in [7, 11) is 0. The number of aromatic nitrogens is 3. The molecule has 1 aliphatic rings. The second-order valence-corrected chi connectivity index (χ2v) is 12.9. The van der Waals surface area contributed by atoms with Crippen molar-refractivity contribution >= 4 is 52.5 Å². The molecule has 284 valence electrons. The Morgan fingerprint density at radius 2 is 1.09 bits per heavy atom. The Labute approximate surface area is 323 Å². The first-order chi connectivity index (χ1) is 27.2. The van der Waals surface area contributed by atoms with Crippen LogP contribution in [0.3, 0.4) is 0 Å². The second-order valence-electron chi connectivity index (χ2n) is 12.5. The van der Waals surface area contributed by atoms with Gasteiger partial charge in [0.1, 0.15) is 23.5 Å². The quantitative estimate of drug-likeness (QED) is 0.0919. The third-order valence-electron chi connectivity index (χ3n) is 8.88. The number of esters is 4. The number of alkyl halides is 1. The summed E-state index contributed by atoms with van der Waals surface area (Å²) >= 11 is 6.38. The Kier molecular flexibility index (Phi) is 11.3. The number of hydrogen-bond donors (Lipinski definition) is 1. The molecule has 4 aromatic carbocycles. The molecule has 0 amide bonds. The zero-order valence-electron chi connectivity index (χ0n) is 29.2. The van der Waals surface area contributed by atoms with Crippen LogP contribution in [0.25, 0.3) is 11.0 Å². The van der Waals surface area contributed by atoms with E-state index >= 15 is 4.39 Å². The van der Waals surface area contributed by atoms with Crippen molar-refractivity contribution in [3.8, 4) is 0 Å². The normalized spacial score (nSPS) is 20.7. The van der Waals surface area contributed by atoms with Crippen molar-refractivity contribution in [2.75, 3.05) is 12.3 Å². The van der Waals surface area contributed by atoms with Gasteiger partial charge in [-0.1, -0.05) is 84.4 Å². The summed E-state index contributed by atoms with van der Waals surface area (Å²) in [6.07, 6.45) is -10.1. The van der Waals surface area contributed by atoms with Crippen LogP contribution in [0, 0.1) is 0 Å². The summed E-state index contributed by atoms with van der Waals surface area (Å²) < 4.78 is 49.1. The highest BCUT2D eigenvalue weighted by Gasteiger charge is 2.54. The fourth-order valence-corrected chi connectivity index (χ4v) is 6.40. The smallest absolute Gasteiger partial charge is 0.338 e. The molecule has 0 radical (unpaired) electrons. The third-order valence-corrected chi connectivity index (χ3v) is 9.17. The molecule has 0 spiro atoms. The lowest BCUT2D eigenvalue weighted by atomic mass is 9.99. The Morgan fingerprint density at radius 3 is 1.59 bits per heavy atom. The van der Waals surface area contributed by atoms with Crippen LogP contribution < -0.4 is 5.73 Å². The number of fused-ring (bicyclic) bond motifs is 1. The average molecular weight is 779 g/mol. The largest absolute Gasteiger partial charge is 0.459 e. The van der Waals surface area contributed by atoms with Gasteiger partial charge in [-0.25, -0.2) is 28.6 Å². The number of carbonyl (C=O) groups excluding carboxylic acids is 4. The van der Waals surface area contributed by atoms with Crippen LogP contribution in [0.5, 0.6) is 0 Å². The number of benzene rings is 4. The lowest BCUT2D eigenvalue weighted by Gasteiger charge is -2.33. The highest BCUT2D eigenvalue weighted by Crippen LogP contribution is 2.38. The van der Waals surface area contributed by atoms with Crippen molar-refractivity contribution in [3.63, 3.8) is 0 Å². The molecule has 0 bridgehead atoms. The summed E-state index contributed by atoms with van der Waals surface area (Å²) in [6.45, 7) is -0.667. The van der Waals surface area contributed by atoms with Gasteiger partial charge < -0.3 is 34.0 Å². The van der Waals surface area contributed by atoms with Gasteiger partial charge in [-0.15, -0.1) is 0 Å². The summed E-state index contributed by atoms with van der Waals surface area (Å²) in [5.74, 6) is -3.92. The van der Waals surface area contributed by atoms with Crippen LogP contribution in [0.1, 0.15) is 47.7 Å². The minimum Gasteiger partial charge on any atom is -0.459 e. The molecule has 2 N–H and O–H groups in total. The van der Waals surface area contributed by atoms with Gasteiger partial charge in [0.05, 0.1) is 27.6 Å². The van der Waals surface area contributed by atoms with Gasteiger partial charge in [-0.2, -0.15) is 4.98 Å². The predicted molar refractivity (Wildman–Crippen MR) is 199 cm³/mol. The summed E-state index contributed by atoms with van der Waals surface area (Å²) in [4.78, 5) is 63.0. The van der Waals surface area contributed by atoms with Crippen LogP contribution in [-0.4, -0.2) is 75.6 Å². The summed E-state index contributed by atoms with van der Waals surface area (Å²) in [6, 6.07) is 32.8. The first-order valence-electron chi connectivity index (χ1n) is 17.3. The number of nitrogen functional groups attached to an aromatic ring is 1. The molecule has 6 aromatic rings. The number of carbonyl (C=O) groups is 4. The minimum absolute atomic E-state index is 0.0286. The maximum absolute atomic E-state index is 17.7. The number of ether oxygens (including phenoxy) is 5. The lowest BCUT2D eigenvalue weighted by Crippen LogP contribution is -2.52. The van der Waals surface area contributed by atoms with Crippen LogP contribution in [0.2, 0.25) is 5.15 Å². The van der Waals surface area contributed by atoms with Gasteiger partial charge in [-0.05, 0) is 54.6 Å². The average Bonchev–Trinajstić information content (AvgIpc) is 3.62. The molecule has 0 saturated carbocycles. The van der Waals surface area contributed by atoms with Crippen LogP contribution in [0.4, 0.5) is 10.3 Å². The number of nitrogens with two attached hydrogens (primary N) is 1. The minimum atomic E-state index is -2.39. The Hall–Kier alpha value is -6.64. The monoisotopic (exact) mass is 778 g/mol. The van der Waals surface area contributed by atoms with E-state index < -0.39 is 67.3 Å². The summed E-state index contributed by atoms with van der Waals surface area (Å²) in [5.41, 5.74) is 6.32. The number of halogens is 2. The number of nitrogens with zero attached hydrogens (tertiary/aromatic N) is 3. The van der Waals surface area contributed by atoms with E-state index in [-0.39, 0.29) is 44.4 Å². The zero-order valence-corrected chi connectivity index (χ0v) is 30.0. The van der Waals surface area contributed by atoms with Crippen LogP contribution in [-0.2, 0) is 23.7 Å². The highest BCUT2D eigenvalue weighted by molar-refractivity contribution is 6.34. The molecule has 7 rings (SSSR count). The molecule has 2 aromatic heterocycles. The van der Waals surface area contributed by atoms with Crippen molar-refractivity contribution in [3.05, 3.63) is 161 Å². The van der Waals surface area contributed by atoms with Gasteiger partial charge in [0.15, 0.2) is 30.7 Å². The van der Waals surface area contributed by atoms with Gasteiger partial charge in [-0.3, -0.25) is 0 Å². The van der Waals surface area contributed by atoms with Crippen LogP contribution in [0.15, 0.2) is 134 Å². The molecule has 15 heteroatoms. The molecule has 1 fully saturated rings. The second kappa shape index (κ2) is 16.8. The zero-order chi connectivity index (χ0) is 39.2. The first-order valence-corrected chi connectivity index (χ1v) is 17.6. The molecular weight excluding hydrogens is 747 g/mol. The Bertz CT molecular complexity index is 2340. The topological polar surface area (TPSA) is 171 Å². The van der Waals surface area contributed by atoms with Gasteiger partial charge in [0, 0.05) is 6.20 Å². The molecule has 6 atom stereocenters. The SMILES string of the molecule is Nc1nc(Cl)c2ccn([C@@H]3O[C@H](COC(=O)c4ccccc4)[C@@H](OC(=O)c4ccccc4)[C@@H](OC(=O)c4ccccc4)[C@@H](OC(=O)c4ccccc4)[C@@H]3F)c2n1. The molecule has 56 heavy (non-hydrogen) atoms. The summed E-state index contributed by atoms with van der Waals surface area (Å²) in [5, 5.41) is 0.227. The van der Waals surface area contributed by atoms with E-state index in [0.717, 1.165) is 0 Å². The first kappa shape index (κ1) is 37.7. The Morgan fingerprint density at radius 1 is 0.643 bits per heavy atom. The van der Waals surface area contributed by atoms with Gasteiger partial charge in [0.25, 0.3) is 0 Å². The lowest BCUT2D eigenvalue weighted by molar-refractivity contribution is -0.142. The molecule has 13 nitrogen and oxygen atoms in total. The van der Waals surface area contributed by atoms with Crippen molar-refractivity contribution in [1.82, 2.24) is 14.5 Å². The van der Waals surface area contributed by atoms with Gasteiger partial charge in [0.2, 0.25) is 5.95 Å². The standard InChI is InChI=1S/C41H32ClFN4O9/c42-34-28-21-22-47(35(28)46-41(44)45-34)36-30(43)32(55-39(50)26-17-9-3-10-18-26)33(56-40(51)27-19-11-4-12-20-27)31(54-38(49)25-15-7-2-8-16-25)29(53-36)23-52-37(48)24-13-5-1-6-14-24/h1-22,29-33,36H,23H2,(H2,44,45,46)/t29-,30+,31-,32+,33-,36-/m1/s1. The molecule has 0 aliphatic carbocycles. The molecular formula is C41H32ClFN4O9. The van der Waals surface area contributed by atoms with E-state index in [1.54, 1.807) is 72.8 Å². The fourth-order valence-electron chi connectivity index (χ4n) is 6.17. The molecule has 3 heterocycles. The number of rotatable bonds is 10. The number of anilines is 1. The maximum Gasteiger partial charge on any atom is 0.338 e. The van der Waals surface area contributed by atoms with Crippen molar-refractivity contribution in [2.45, 2.75) is 36.8 Å². The molecule has 0 unspecified atom stereocenters. The fraction of sp³-hybridized carbons (Fsp3) is 0.171. The molecule has 1 aliphatic heterocycles. The van der Waals surface area contributed by atoms with E-state index in [1.807, 2.05) is 0 Å². The van der Waals surface area contributed by atoms with E-state index in [2.05, 4.69) is 9.97 Å². The van der Waals surface area contributed by atoms with Crippen LogP contribution >= 0.6 is 11.6 Å². The van der Waals surface area contributed by atoms with Crippen molar-refractivity contribution in [1.29, 1.82) is 0 Å². The van der Waals surface area contributed by atoms with Crippen molar-refractivity contribution in [2.24, 2.45) is 0 Å². The predicted octanol–water partition coefficient (Wildman–Crippen LogP) is 6.44. The van der Waals surface area contributed by atoms with E-state index in [0.29, 0.717) is 0 Å². The highest BCUT2D eigenvalue weighted by atomic mass is 35.5. The third kappa shape index (κ3) is 8.21. The van der Waals surface area contributed by atoms with E-state index in [9.17, 15) is 19.2 Å². The maximum atomic E-state index is 17.7. The number of hydrogen-bond acceptors (Lipinski definition) is 12.